The number of carbonyl (C=O) groups is 1. The molecule has 0 aromatic heterocycles. The summed E-state index contributed by atoms with van der Waals surface area (Å²) in [5.74, 6) is -0.351. The lowest BCUT2D eigenvalue weighted by Gasteiger charge is -2.24. The largest absolute Gasteiger partial charge is 0.280 e. The van der Waals surface area contributed by atoms with Gasteiger partial charge in [-0.15, -0.1) is 0 Å². The van der Waals surface area contributed by atoms with Crippen LogP contribution >= 0.6 is 11.6 Å². The molecule has 0 aliphatic heterocycles. The lowest BCUT2D eigenvalue weighted by Crippen LogP contribution is -2.26. The molecule has 0 atom stereocenters. The van der Waals surface area contributed by atoms with Gasteiger partial charge in [-0.1, -0.05) is 72.3 Å². The van der Waals surface area contributed by atoms with Gasteiger partial charge >= 0.3 is 0 Å². The highest BCUT2D eigenvalue weighted by Gasteiger charge is 2.23. The number of para-hydroxylation sites is 1. The van der Waals surface area contributed by atoms with E-state index in [4.69, 9.17) is 11.6 Å². The molecule has 5 nitrogen and oxygen atoms in total. The van der Waals surface area contributed by atoms with Gasteiger partial charge < -0.3 is 0 Å². The zero-order chi connectivity index (χ0) is 25.1. The first-order valence-corrected chi connectivity index (χ1v) is 13.0. The lowest BCUT2D eigenvalue weighted by molar-refractivity contribution is 0.0999. The Morgan fingerprint density at radius 1 is 0.667 bits per heavy atom. The number of hydrogen-bond acceptors (Lipinski definition) is 3. The van der Waals surface area contributed by atoms with Gasteiger partial charge in [0.05, 0.1) is 10.6 Å². The fraction of sp³-hybridized carbons (Fsp3) is 0. The third kappa shape index (κ3) is 4.96. The smallest absolute Gasteiger partial charge is 0.262 e. The standard InChI is InChI=1S/C29H21ClN2O3S/c30-24-11-7-12-25(20-24)31-36(34,35)28-15-6-10-23(19-28)29(33)32(26-13-2-1-3-14-26)27-17-16-21-8-4-5-9-22(21)18-27/h1-20,31H. The van der Waals surface area contributed by atoms with Gasteiger partial charge in [-0.3, -0.25) is 14.4 Å². The van der Waals surface area contributed by atoms with Gasteiger partial charge in [0.1, 0.15) is 0 Å². The molecule has 0 aliphatic carbocycles. The number of hydrogen-bond donors (Lipinski definition) is 1. The monoisotopic (exact) mass is 512 g/mol. The third-order valence-electron chi connectivity index (χ3n) is 5.68. The summed E-state index contributed by atoms with van der Waals surface area (Å²) >= 11 is 5.99. The Labute approximate surface area is 214 Å². The third-order valence-corrected chi connectivity index (χ3v) is 7.29. The summed E-state index contributed by atoms with van der Waals surface area (Å²) in [6.45, 7) is 0. The van der Waals surface area contributed by atoms with Crippen molar-refractivity contribution < 1.29 is 13.2 Å². The van der Waals surface area contributed by atoms with Crippen LogP contribution in [-0.4, -0.2) is 14.3 Å². The Morgan fingerprint density at radius 2 is 1.39 bits per heavy atom. The maximum atomic E-state index is 13.9. The average Bonchev–Trinajstić information content (AvgIpc) is 2.89. The minimum Gasteiger partial charge on any atom is -0.280 e. The number of fused-ring (bicyclic) bond motifs is 1. The van der Waals surface area contributed by atoms with Gasteiger partial charge in [-0.25, -0.2) is 8.42 Å². The van der Waals surface area contributed by atoms with E-state index in [0.717, 1.165) is 10.8 Å². The molecular weight excluding hydrogens is 492 g/mol. The van der Waals surface area contributed by atoms with E-state index in [1.807, 2.05) is 72.8 Å². The van der Waals surface area contributed by atoms with Crippen molar-refractivity contribution in [1.82, 2.24) is 0 Å². The molecule has 1 N–H and O–H groups in total. The Morgan fingerprint density at radius 3 is 2.17 bits per heavy atom. The number of nitrogens with one attached hydrogen (secondary N) is 1. The second-order valence-corrected chi connectivity index (χ2v) is 10.3. The second kappa shape index (κ2) is 9.85. The van der Waals surface area contributed by atoms with Crippen LogP contribution in [0, 0.1) is 0 Å². The molecule has 0 unspecified atom stereocenters. The normalized spacial score (nSPS) is 11.2. The predicted octanol–water partition coefficient (Wildman–Crippen LogP) is 7.27. The molecule has 0 fully saturated rings. The maximum absolute atomic E-state index is 13.9. The van der Waals surface area contributed by atoms with Crippen LogP contribution in [0.15, 0.2) is 126 Å². The van der Waals surface area contributed by atoms with Crippen molar-refractivity contribution in [3.05, 3.63) is 132 Å². The van der Waals surface area contributed by atoms with Crippen molar-refractivity contribution in [3.8, 4) is 0 Å². The molecule has 178 valence electrons. The summed E-state index contributed by atoms with van der Waals surface area (Å²) in [5.41, 5.74) is 1.92. The van der Waals surface area contributed by atoms with E-state index < -0.39 is 10.0 Å². The number of nitrogens with zero attached hydrogens (tertiary/aromatic N) is 1. The first kappa shape index (κ1) is 23.6. The molecule has 5 aromatic carbocycles. The molecule has 0 heterocycles. The molecule has 36 heavy (non-hydrogen) atoms. The molecule has 0 saturated carbocycles. The maximum Gasteiger partial charge on any atom is 0.262 e. The van der Waals surface area contributed by atoms with Crippen LogP contribution < -0.4 is 9.62 Å². The Balaban J connectivity index is 1.54. The highest BCUT2D eigenvalue weighted by Crippen LogP contribution is 2.31. The number of amides is 1. The van der Waals surface area contributed by atoms with E-state index in [0.29, 0.717) is 22.1 Å². The SMILES string of the molecule is O=C(c1cccc(S(=O)(=O)Nc2cccc(Cl)c2)c1)N(c1ccccc1)c1ccc2ccccc2c1. The summed E-state index contributed by atoms with van der Waals surface area (Å²) in [5, 5.41) is 2.46. The van der Waals surface area contributed by atoms with E-state index in [2.05, 4.69) is 4.72 Å². The van der Waals surface area contributed by atoms with Crippen LogP contribution in [-0.2, 0) is 10.0 Å². The lowest BCUT2D eigenvalue weighted by atomic mass is 10.1. The Kier molecular flexibility index (Phi) is 6.46. The summed E-state index contributed by atoms with van der Waals surface area (Å²) in [7, 11) is -3.95. The van der Waals surface area contributed by atoms with Crippen molar-refractivity contribution in [2.45, 2.75) is 4.90 Å². The summed E-state index contributed by atoms with van der Waals surface area (Å²) < 4.78 is 28.6. The van der Waals surface area contributed by atoms with Crippen LogP contribution in [0.1, 0.15) is 10.4 Å². The number of halogens is 1. The molecule has 1 amide bonds. The second-order valence-electron chi connectivity index (χ2n) is 8.15. The van der Waals surface area contributed by atoms with Crippen molar-refractivity contribution in [2.75, 3.05) is 9.62 Å². The van der Waals surface area contributed by atoms with Gasteiger partial charge in [-0.2, -0.15) is 0 Å². The number of sulfonamides is 1. The topological polar surface area (TPSA) is 66.5 Å². The van der Waals surface area contributed by atoms with Crippen molar-refractivity contribution in [2.24, 2.45) is 0 Å². The average molecular weight is 513 g/mol. The molecule has 0 radical (unpaired) electrons. The van der Waals surface area contributed by atoms with Gasteiger partial charge in [0.2, 0.25) is 0 Å². The fourth-order valence-corrected chi connectivity index (χ4v) is 5.25. The summed E-state index contributed by atoms with van der Waals surface area (Å²) in [6.07, 6.45) is 0. The van der Waals surface area contributed by atoms with E-state index in [-0.39, 0.29) is 16.4 Å². The minimum atomic E-state index is -3.95. The van der Waals surface area contributed by atoms with Crippen LogP contribution in [0.4, 0.5) is 17.1 Å². The van der Waals surface area contributed by atoms with E-state index in [1.165, 1.54) is 18.2 Å². The van der Waals surface area contributed by atoms with Crippen LogP contribution in [0.3, 0.4) is 0 Å². The highest BCUT2D eigenvalue weighted by atomic mass is 35.5. The predicted molar refractivity (Wildman–Crippen MR) is 146 cm³/mol. The van der Waals surface area contributed by atoms with Crippen LogP contribution in [0.25, 0.3) is 10.8 Å². The first-order chi connectivity index (χ1) is 17.4. The van der Waals surface area contributed by atoms with E-state index >= 15 is 0 Å². The van der Waals surface area contributed by atoms with Crippen molar-refractivity contribution >= 4 is 55.4 Å². The number of benzene rings is 5. The molecule has 0 bridgehead atoms. The number of rotatable bonds is 6. The summed E-state index contributed by atoms with van der Waals surface area (Å²) in [4.78, 5) is 15.4. The van der Waals surface area contributed by atoms with Crippen molar-refractivity contribution in [3.63, 3.8) is 0 Å². The minimum absolute atomic E-state index is 0.0279. The van der Waals surface area contributed by atoms with Gasteiger partial charge in [0, 0.05) is 22.0 Å². The molecule has 0 aliphatic rings. The Bertz CT molecular complexity index is 1670. The molecule has 5 rings (SSSR count). The zero-order valence-corrected chi connectivity index (χ0v) is 20.6. The molecule has 0 saturated heterocycles. The molecule has 7 heteroatoms. The van der Waals surface area contributed by atoms with Crippen LogP contribution in [0.5, 0.6) is 0 Å². The van der Waals surface area contributed by atoms with Gasteiger partial charge in [0.15, 0.2) is 0 Å². The number of anilines is 3. The first-order valence-electron chi connectivity index (χ1n) is 11.2. The summed E-state index contributed by atoms with van der Waals surface area (Å²) in [6, 6.07) is 35.4. The molecule has 0 spiro atoms. The van der Waals surface area contributed by atoms with Crippen LogP contribution in [0.2, 0.25) is 5.02 Å². The molecular formula is C29H21ClN2O3S. The molecule has 5 aromatic rings. The number of carbonyl (C=O) groups excluding carboxylic acids is 1. The van der Waals surface area contributed by atoms with Gasteiger partial charge in [0.25, 0.3) is 15.9 Å². The Hall–Kier alpha value is -4.13. The van der Waals surface area contributed by atoms with Crippen molar-refractivity contribution in [1.29, 1.82) is 0 Å². The quantitative estimate of drug-likeness (QED) is 0.260. The van der Waals surface area contributed by atoms with E-state index in [1.54, 1.807) is 35.2 Å². The fourth-order valence-electron chi connectivity index (χ4n) is 3.97. The highest BCUT2D eigenvalue weighted by molar-refractivity contribution is 7.92. The van der Waals surface area contributed by atoms with Gasteiger partial charge in [-0.05, 0) is 71.4 Å². The zero-order valence-electron chi connectivity index (χ0n) is 19.0. The van der Waals surface area contributed by atoms with E-state index in [9.17, 15) is 13.2 Å².